The molecule has 1 unspecified atom stereocenters. The lowest BCUT2D eigenvalue weighted by Crippen LogP contribution is -3.13. The van der Waals surface area contributed by atoms with Crippen LogP contribution in [-0.4, -0.2) is 23.4 Å². The summed E-state index contributed by atoms with van der Waals surface area (Å²) in [5.74, 6) is -0.578. The number of nitro benzene ring substituents is 1. The molecule has 0 radical (unpaired) electrons. The average Bonchev–Trinajstić information content (AvgIpc) is 3.45. The van der Waals surface area contributed by atoms with Gasteiger partial charge in [-0.3, -0.25) is 14.9 Å². The van der Waals surface area contributed by atoms with Crippen LogP contribution >= 0.6 is 0 Å². The molecule has 3 rings (SSSR count). The summed E-state index contributed by atoms with van der Waals surface area (Å²) < 4.78 is 14.0. The van der Waals surface area contributed by atoms with Crippen LogP contribution in [0.3, 0.4) is 0 Å². The summed E-state index contributed by atoms with van der Waals surface area (Å²) in [5, 5.41) is 14.0. The van der Waals surface area contributed by atoms with Crippen LogP contribution in [0.4, 0.5) is 15.8 Å². The highest BCUT2D eigenvalue weighted by atomic mass is 19.1. The number of nitrogens with one attached hydrogen (secondary N) is 2. The van der Waals surface area contributed by atoms with Gasteiger partial charge >= 0.3 is 0 Å². The number of anilines is 1. The predicted octanol–water partition coefficient (Wildman–Crippen LogP) is 2.54. The quantitative estimate of drug-likeness (QED) is 0.579. The van der Waals surface area contributed by atoms with Crippen molar-refractivity contribution in [2.45, 2.75) is 39.3 Å². The van der Waals surface area contributed by atoms with E-state index in [4.69, 9.17) is 0 Å². The zero-order chi connectivity index (χ0) is 19.6. The Morgan fingerprint density at radius 2 is 1.96 bits per heavy atom. The molecule has 0 aromatic heterocycles. The lowest BCUT2D eigenvalue weighted by Gasteiger charge is -2.19. The number of aryl methyl sites for hydroxylation is 1. The minimum Gasteiger partial charge on any atom is -0.321 e. The second-order valence-corrected chi connectivity index (χ2v) is 7.08. The number of nitro groups is 1. The van der Waals surface area contributed by atoms with Gasteiger partial charge in [-0.2, -0.15) is 0 Å². The molecule has 6 nitrogen and oxygen atoms in total. The molecular weight excluding hydrogens is 349 g/mol. The fourth-order valence-corrected chi connectivity index (χ4v) is 3.23. The van der Waals surface area contributed by atoms with Gasteiger partial charge in [-0.15, -0.1) is 0 Å². The molecule has 1 aliphatic carbocycles. The number of quaternary nitrogens is 1. The van der Waals surface area contributed by atoms with Crippen LogP contribution in [0.15, 0.2) is 36.4 Å². The highest BCUT2D eigenvalue weighted by Crippen LogP contribution is 2.30. The lowest BCUT2D eigenvalue weighted by molar-refractivity contribution is -0.917. The van der Waals surface area contributed by atoms with Crippen LogP contribution in [-0.2, 0) is 11.3 Å². The van der Waals surface area contributed by atoms with E-state index in [1.54, 1.807) is 31.2 Å². The topological polar surface area (TPSA) is 76.7 Å². The normalized spacial score (nSPS) is 14.6. The fraction of sp³-hybridized carbons (Fsp3) is 0.350. The number of carbonyl (C=O) groups is 1. The SMILES string of the molecule is Cc1ccc([N+](=O)[O-])c(NC(=O)C[NH+](Cc2ccccc2F)C2CC2)c1C. The van der Waals surface area contributed by atoms with Crippen LogP contribution in [0.2, 0.25) is 0 Å². The van der Waals surface area contributed by atoms with E-state index >= 15 is 0 Å². The van der Waals surface area contributed by atoms with Gasteiger partial charge in [0.25, 0.3) is 11.6 Å². The van der Waals surface area contributed by atoms with Crippen molar-refractivity contribution in [3.63, 3.8) is 0 Å². The van der Waals surface area contributed by atoms with Crippen molar-refractivity contribution in [2.24, 2.45) is 0 Å². The van der Waals surface area contributed by atoms with Crippen LogP contribution in [0, 0.1) is 29.8 Å². The molecule has 0 aliphatic heterocycles. The standard InChI is InChI=1S/C20H22FN3O3/c1-13-7-10-18(24(26)27)20(14(13)2)22-19(25)12-23(16-8-9-16)11-15-5-3-4-6-17(15)21/h3-7,10,16H,8-9,11-12H2,1-2H3,(H,22,25)/p+1. The average molecular weight is 372 g/mol. The predicted molar refractivity (Wildman–Crippen MR) is 100 cm³/mol. The van der Waals surface area contributed by atoms with Gasteiger partial charge in [0.15, 0.2) is 6.54 Å². The van der Waals surface area contributed by atoms with Crippen LogP contribution in [0.25, 0.3) is 0 Å². The zero-order valence-corrected chi connectivity index (χ0v) is 15.4. The first-order valence-corrected chi connectivity index (χ1v) is 8.99. The minimum atomic E-state index is -0.493. The van der Waals surface area contributed by atoms with Gasteiger partial charge in [-0.05, 0) is 31.0 Å². The van der Waals surface area contributed by atoms with Gasteiger partial charge in [-0.25, -0.2) is 4.39 Å². The summed E-state index contributed by atoms with van der Waals surface area (Å²) >= 11 is 0. The third-order valence-corrected chi connectivity index (χ3v) is 5.09. The van der Waals surface area contributed by atoms with Crippen molar-refractivity contribution in [1.82, 2.24) is 0 Å². The smallest absolute Gasteiger partial charge is 0.293 e. The van der Waals surface area contributed by atoms with E-state index in [2.05, 4.69) is 5.32 Å². The Bertz CT molecular complexity index is 881. The molecule has 1 atom stereocenters. The molecule has 2 aromatic rings. The van der Waals surface area contributed by atoms with Crippen molar-refractivity contribution in [1.29, 1.82) is 0 Å². The van der Waals surface area contributed by atoms with Crippen molar-refractivity contribution >= 4 is 17.3 Å². The van der Waals surface area contributed by atoms with Gasteiger partial charge in [0.1, 0.15) is 18.0 Å². The number of carbonyl (C=O) groups excluding carboxylic acids is 1. The third-order valence-electron chi connectivity index (χ3n) is 5.09. The van der Waals surface area contributed by atoms with Gasteiger partial charge in [0.2, 0.25) is 0 Å². The molecule has 1 amide bonds. The largest absolute Gasteiger partial charge is 0.321 e. The molecule has 1 aliphatic rings. The molecule has 0 spiro atoms. The number of benzene rings is 2. The van der Waals surface area contributed by atoms with E-state index in [0.717, 1.165) is 23.3 Å². The molecule has 142 valence electrons. The van der Waals surface area contributed by atoms with Gasteiger partial charge < -0.3 is 10.2 Å². The number of hydrogen-bond acceptors (Lipinski definition) is 3. The van der Waals surface area contributed by atoms with E-state index < -0.39 is 4.92 Å². The molecule has 2 N–H and O–H groups in total. The highest BCUT2D eigenvalue weighted by molar-refractivity contribution is 5.95. The summed E-state index contributed by atoms with van der Waals surface area (Å²) in [6.07, 6.45) is 2.00. The maximum absolute atomic E-state index is 14.0. The van der Waals surface area contributed by atoms with Crippen LogP contribution in [0.5, 0.6) is 0 Å². The molecule has 1 saturated carbocycles. The van der Waals surface area contributed by atoms with Gasteiger partial charge in [0.05, 0.1) is 11.0 Å². The molecule has 0 bridgehead atoms. The summed E-state index contributed by atoms with van der Waals surface area (Å²) in [6.45, 7) is 4.15. The maximum Gasteiger partial charge on any atom is 0.293 e. The Kier molecular flexibility index (Phi) is 5.51. The maximum atomic E-state index is 14.0. The molecule has 1 fully saturated rings. The first-order chi connectivity index (χ1) is 12.9. The zero-order valence-electron chi connectivity index (χ0n) is 15.4. The summed E-state index contributed by atoms with van der Waals surface area (Å²) in [7, 11) is 0. The molecule has 2 aromatic carbocycles. The number of hydrogen-bond donors (Lipinski definition) is 2. The van der Waals surface area contributed by atoms with Crippen LogP contribution < -0.4 is 10.2 Å². The third kappa shape index (κ3) is 4.49. The van der Waals surface area contributed by atoms with Crippen molar-refractivity contribution in [2.75, 3.05) is 11.9 Å². The molecule has 0 heterocycles. The van der Waals surface area contributed by atoms with Crippen molar-refractivity contribution < 1.29 is 19.0 Å². The van der Waals surface area contributed by atoms with E-state index in [-0.39, 0.29) is 29.6 Å². The second kappa shape index (κ2) is 7.84. The van der Waals surface area contributed by atoms with Gasteiger partial charge in [-0.1, -0.05) is 24.3 Å². The first kappa shape index (κ1) is 19.0. The Morgan fingerprint density at radius 1 is 1.26 bits per heavy atom. The summed E-state index contributed by atoms with van der Waals surface area (Å²) in [5.41, 5.74) is 2.25. The monoisotopic (exact) mass is 372 g/mol. The number of amides is 1. The molecule has 0 saturated heterocycles. The summed E-state index contributed by atoms with van der Waals surface area (Å²) in [4.78, 5) is 24.4. The second-order valence-electron chi connectivity index (χ2n) is 7.08. The Balaban J connectivity index is 1.75. The highest BCUT2D eigenvalue weighted by Gasteiger charge is 2.35. The molecular formula is C20H23FN3O3+. The minimum absolute atomic E-state index is 0.117. The van der Waals surface area contributed by atoms with E-state index in [1.807, 2.05) is 6.92 Å². The Morgan fingerprint density at radius 3 is 2.59 bits per heavy atom. The molecule has 27 heavy (non-hydrogen) atoms. The van der Waals surface area contributed by atoms with Gasteiger partial charge in [0, 0.05) is 24.5 Å². The van der Waals surface area contributed by atoms with E-state index in [9.17, 15) is 19.3 Å². The van der Waals surface area contributed by atoms with E-state index in [1.165, 1.54) is 12.1 Å². The fourth-order valence-electron chi connectivity index (χ4n) is 3.23. The van der Waals surface area contributed by atoms with Crippen LogP contribution in [0.1, 0.15) is 29.5 Å². The molecule has 7 heteroatoms. The number of nitrogens with zero attached hydrogens (tertiary/aromatic N) is 1. The number of halogens is 1. The lowest BCUT2D eigenvalue weighted by atomic mass is 10.1. The Labute approximate surface area is 157 Å². The Hall–Kier alpha value is -2.80. The van der Waals surface area contributed by atoms with Crippen molar-refractivity contribution in [3.05, 3.63) is 69.0 Å². The summed E-state index contributed by atoms with van der Waals surface area (Å²) in [6, 6.07) is 9.96. The first-order valence-electron chi connectivity index (χ1n) is 8.99. The van der Waals surface area contributed by atoms with Crippen molar-refractivity contribution in [3.8, 4) is 0 Å². The number of rotatable bonds is 7. The van der Waals surface area contributed by atoms with E-state index in [0.29, 0.717) is 23.7 Å².